The molecule has 0 aliphatic carbocycles. The van der Waals surface area contributed by atoms with Crippen LogP contribution in [0.5, 0.6) is 5.75 Å². The molecule has 1 amide bonds. The van der Waals surface area contributed by atoms with Crippen LogP contribution in [-0.4, -0.2) is 23.1 Å². The average molecular weight is 345 g/mol. The molecule has 0 saturated heterocycles. The van der Waals surface area contributed by atoms with Crippen LogP contribution >= 0.6 is 0 Å². The van der Waals surface area contributed by atoms with E-state index in [1.54, 1.807) is 60.7 Å². The summed E-state index contributed by atoms with van der Waals surface area (Å²) in [5.41, 5.74) is 4.14. The highest BCUT2D eigenvalue weighted by Gasteiger charge is 2.07. The van der Waals surface area contributed by atoms with Crippen LogP contribution < -0.4 is 10.2 Å². The van der Waals surface area contributed by atoms with Crippen molar-refractivity contribution in [1.82, 2.24) is 10.4 Å². The van der Waals surface area contributed by atoms with Gasteiger partial charge in [-0.25, -0.2) is 10.2 Å². The normalized spacial score (nSPS) is 10.5. The maximum Gasteiger partial charge on any atom is 0.343 e. The number of hydrazone groups is 1. The van der Waals surface area contributed by atoms with Gasteiger partial charge in [-0.1, -0.05) is 18.2 Å². The summed E-state index contributed by atoms with van der Waals surface area (Å²) in [6.45, 7) is 0. The number of pyridine rings is 1. The Kier molecular flexibility index (Phi) is 5.47. The Hall–Kier alpha value is -3.80. The second kappa shape index (κ2) is 8.34. The van der Waals surface area contributed by atoms with Crippen molar-refractivity contribution in [3.63, 3.8) is 0 Å². The van der Waals surface area contributed by atoms with Gasteiger partial charge in [0.1, 0.15) is 5.75 Å². The number of hydrogen-bond acceptors (Lipinski definition) is 5. The van der Waals surface area contributed by atoms with Crippen LogP contribution in [0, 0.1) is 0 Å². The molecule has 0 bridgehead atoms. The fourth-order valence-corrected chi connectivity index (χ4v) is 2.10. The van der Waals surface area contributed by atoms with E-state index in [1.807, 2.05) is 6.07 Å². The average Bonchev–Trinajstić information content (AvgIpc) is 2.70. The van der Waals surface area contributed by atoms with E-state index in [9.17, 15) is 9.59 Å². The van der Waals surface area contributed by atoms with Crippen molar-refractivity contribution in [1.29, 1.82) is 0 Å². The van der Waals surface area contributed by atoms with E-state index in [1.165, 1.54) is 18.6 Å². The highest BCUT2D eigenvalue weighted by atomic mass is 16.5. The highest BCUT2D eigenvalue weighted by Crippen LogP contribution is 2.13. The summed E-state index contributed by atoms with van der Waals surface area (Å²) in [6, 6.07) is 18.7. The summed E-state index contributed by atoms with van der Waals surface area (Å²) in [6.07, 6.45) is 4.57. The van der Waals surface area contributed by atoms with Gasteiger partial charge >= 0.3 is 5.97 Å². The molecule has 0 fully saturated rings. The van der Waals surface area contributed by atoms with Crippen LogP contribution in [-0.2, 0) is 0 Å². The zero-order chi connectivity index (χ0) is 18.2. The molecule has 0 aliphatic heterocycles. The maximum absolute atomic E-state index is 12.0. The van der Waals surface area contributed by atoms with Crippen LogP contribution in [0.1, 0.15) is 26.3 Å². The van der Waals surface area contributed by atoms with Crippen LogP contribution in [0.4, 0.5) is 0 Å². The van der Waals surface area contributed by atoms with Gasteiger partial charge in [0.15, 0.2) is 0 Å². The molecular formula is C20H15N3O3. The Morgan fingerprint density at radius 3 is 2.27 bits per heavy atom. The van der Waals surface area contributed by atoms with Crippen LogP contribution in [0.3, 0.4) is 0 Å². The number of rotatable bonds is 5. The van der Waals surface area contributed by atoms with Gasteiger partial charge in [0.2, 0.25) is 0 Å². The summed E-state index contributed by atoms with van der Waals surface area (Å²) < 4.78 is 5.30. The standard InChI is InChI=1S/C20H15N3O3/c24-19(16-10-12-21-13-11-16)23-22-14-15-6-8-18(9-7-15)26-20(25)17-4-2-1-3-5-17/h1-14H,(H,23,24). The molecule has 0 aliphatic rings. The number of hydrogen-bond donors (Lipinski definition) is 1. The van der Waals surface area contributed by atoms with Crippen LogP contribution in [0.15, 0.2) is 84.2 Å². The summed E-state index contributed by atoms with van der Waals surface area (Å²) in [7, 11) is 0. The van der Waals surface area contributed by atoms with E-state index in [0.29, 0.717) is 16.9 Å². The van der Waals surface area contributed by atoms with Gasteiger partial charge in [-0.3, -0.25) is 9.78 Å². The van der Waals surface area contributed by atoms with Gasteiger partial charge in [0, 0.05) is 18.0 Å². The van der Waals surface area contributed by atoms with E-state index < -0.39 is 5.97 Å². The highest BCUT2D eigenvalue weighted by molar-refractivity contribution is 5.94. The van der Waals surface area contributed by atoms with Crippen molar-refractivity contribution in [3.8, 4) is 5.75 Å². The monoisotopic (exact) mass is 345 g/mol. The first-order valence-electron chi connectivity index (χ1n) is 7.83. The fraction of sp³-hybridized carbons (Fsp3) is 0. The molecule has 1 heterocycles. The number of benzene rings is 2. The molecule has 26 heavy (non-hydrogen) atoms. The summed E-state index contributed by atoms with van der Waals surface area (Å²) in [5.74, 6) is -0.314. The predicted molar refractivity (Wildman–Crippen MR) is 97.1 cm³/mol. The van der Waals surface area contributed by atoms with E-state index in [-0.39, 0.29) is 5.91 Å². The lowest BCUT2D eigenvalue weighted by molar-refractivity contribution is 0.0734. The molecule has 1 N–H and O–H groups in total. The lowest BCUT2D eigenvalue weighted by Crippen LogP contribution is -2.17. The van der Waals surface area contributed by atoms with Crippen molar-refractivity contribution in [2.45, 2.75) is 0 Å². The number of amides is 1. The molecule has 3 aromatic rings. The minimum atomic E-state index is -0.420. The lowest BCUT2D eigenvalue weighted by Gasteiger charge is -2.04. The van der Waals surface area contributed by atoms with Crippen molar-refractivity contribution in [2.24, 2.45) is 5.10 Å². The van der Waals surface area contributed by atoms with Gasteiger partial charge < -0.3 is 4.74 Å². The number of carbonyl (C=O) groups is 2. The Labute approximate surface area is 150 Å². The van der Waals surface area contributed by atoms with Crippen molar-refractivity contribution in [3.05, 3.63) is 95.8 Å². The molecule has 0 spiro atoms. The minimum absolute atomic E-state index is 0.322. The zero-order valence-electron chi connectivity index (χ0n) is 13.7. The van der Waals surface area contributed by atoms with Gasteiger partial charge in [-0.05, 0) is 54.1 Å². The second-order valence-corrected chi connectivity index (χ2v) is 5.26. The lowest BCUT2D eigenvalue weighted by atomic mass is 10.2. The van der Waals surface area contributed by atoms with E-state index in [2.05, 4.69) is 15.5 Å². The Bertz CT molecular complexity index is 908. The van der Waals surface area contributed by atoms with Gasteiger partial charge in [-0.2, -0.15) is 5.10 Å². The predicted octanol–water partition coefficient (Wildman–Crippen LogP) is 3.06. The number of esters is 1. The Balaban J connectivity index is 1.56. The first kappa shape index (κ1) is 17.0. The fourth-order valence-electron chi connectivity index (χ4n) is 2.10. The van der Waals surface area contributed by atoms with E-state index in [0.717, 1.165) is 5.56 Å². The van der Waals surface area contributed by atoms with E-state index >= 15 is 0 Å². The smallest absolute Gasteiger partial charge is 0.343 e. The zero-order valence-corrected chi connectivity index (χ0v) is 13.7. The molecule has 6 heteroatoms. The SMILES string of the molecule is O=C(NN=Cc1ccc(OC(=O)c2ccccc2)cc1)c1ccncc1. The Morgan fingerprint density at radius 1 is 0.885 bits per heavy atom. The number of nitrogens with one attached hydrogen (secondary N) is 1. The number of carbonyl (C=O) groups excluding carboxylic acids is 2. The van der Waals surface area contributed by atoms with Crippen molar-refractivity contribution in [2.75, 3.05) is 0 Å². The topological polar surface area (TPSA) is 80.6 Å². The van der Waals surface area contributed by atoms with Crippen LogP contribution in [0.25, 0.3) is 0 Å². The number of ether oxygens (including phenoxy) is 1. The largest absolute Gasteiger partial charge is 0.423 e. The molecular weight excluding hydrogens is 330 g/mol. The van der Waals surface area contributed by atoms with Crippen molar-refractivity contribution < 1.29 is 14.3 Å². The van der Waals surface area contributed by atoms with Gasteiger partial charge in [-0.15, -0.1) is 0 Å². The molecule has 1 aromatic heterocycles. The molecule has 6 nitrogen and oxygen atoms in total. The maximum atomic E-state index is 12.0. The third kappa shape index (κ3) is 4.61. The quantitative estimate of drug-likeness (QED) is 0.333. The molecule has 0 unspecified atom stereocenters. The van der Waals surface area contributed by atoms with Crippen LogP contribution in [0.2, 0.25) is 0 Å². The Morgan fingerprint density at radius 2 is 1.58 bits per heavy atom. The minimum Gasteiger partial charge on any atom is -0.423 e. The molecule has 0 atom stereocenters. The van der Waals surface area contributed by atoms with Gasteiger partial charge in [0.05, 0.1) is 11.8 Å². The molecule has 128 valence electrons. The summed E-state index contributed by atoms with van der Waals surface area (Å²) in [5, 5.41) is 3.90. The summed E-state index contributed by atoms with van der Waals surface area (Å²) in [4.78, 5) is 27.7. The number of aromatic nitrogens is 1. The third-order valence-corrected chi connectivity index (χ3v) is 3.42. The van der Waals surface area contributed by atoms with E-state index in [4.69, 9.17) is 4.74 Å². The molecule has 0 saturated carbocycles. The first-order chi connectivity index (χ1) is 12.7. The first-order valence-corrected chi connectivity index (χ1v) is 7.83. The third-order valence-electron chi connectivity index (χ3n) is 3.42. The molecule has 2 aromatic carbocycles. The molecule has 0 radical (unpaired) electrons. The second-order valence-electron chi connectivity index (χ2n) is 5.26. The van der Waals surface area contributed by atoms with Crippen molar-refractivity contribution >= 4 is 18.1 Å². The molecule has 3 rings (SSSR count). The number of nitrogens with zero attached hydrogens (tertiary/aromatic N) is 2. The van der Waals surface area contributed by atoms with Gasteiger partial charge in [0.25, 0.3) is 5.91 Å². The summed E-state index contributed by atoms with van der Waals surface area (Å²) >= 11 is 0.